The number of amides is 2. The van der Waals surface area contributed by atoms with E-state index in [4.69, 9.17) is 23.8 Å². The van der Waals surface area contributed by atoms with Crippen LogP contribution >= 0.6 is 0 Å². The van der Waals surface area contributed by atoms with Crippen LogP contribution in [0.5, 0.6) is 0 Å². The quantitative estimate of drug-likeness (QED) is 0.137. The molecule has 0 radical (unpaired) electrons. The van der Waals surface area contributed by atoms with Gasteiger partial charge in [-0.05, 0) is 126 Å². The molecular weight excluding hydrogens is 741 g/mol. The summed E-state index contributed by atoms with van der Waals surface area (Å²) >= 11 is 0. The maximum absolute atomic E-state index is 12.8. The summed E-state index contributed by atoms with van der Waals surface area (Å²) in [5, 5.41) is 8.61. The van der Waals surface area contributed by atoms with Crippen molar-refractivity contribution < 1.29 is 38.2 Å². The number of likely N-dealkylation sites (tertiary alicyclic amines) is 2. The summed E-state index contributed by atoms with van der Waals surface area (Å²) in [6.07, 6.45) is 9.51. The molecule has 14 heteroatoms. The lowest BCUT2D eigenvalue weighted by molar-refractivity contribution is -0.191. The molecule has 2 aliphatic rings. The average molecular weight is 799 g/mol. The van der Waals surface area contributed by atoms with Gasteiger partial charge in [0.2, 0.25) is 0 Å². The molecule has 4 atom stereocenters. The van der Waals surface area contributed by atoms with Crippen LogP contribution in [0.4, 0.5) is 9.59 Å². The second kappa shape index (κ2) is 19.6. The van der Waals surface area contributed by atoms with Crippen LogP contribution in [0.15, 0.2) is 85.5 Å². The van der Waals surface area contributed by atoms with Crippen molar-refractivity contribution in [3.63, 3.8) is 0 Å². The van der Waals surface area contributed by atoms with Crippen LogP contribution in [0.1, 0.15) is 111 Å². The molecule has 2 aromatic carbocycles. The zero-order chi connectivity index (χ0) is 42.7. The molecule has 2 amide bonds. The topological polar surface area (TPSA) is 155 Å². The summed E-state index contributed by atoms with van der Waals surface area (Å²) < 4.78 is 20.0. The van der Waals surface area contributed by atoms with Gasteiger partial charge in [0, 0.05) is 50.3 Å². The molecule has 0 N–H and O–H groups in total. The molecule has 0 spiro atoms. The van der Waals surface area contributed by atoms with E-state index in [1.165, 1.54) is 10.5 Å². The number of benzene rings is 2. The standard InChI is InChI=1S/C23H33N3O2.C20H25N3O4.CO2/c1-22(2,3)20-16-18(11-14-25(20)21(27)28-23(4,5)6)17-9-7-10-19(15-17)26-13-8-12-24-26;1-20(2,3)27-19(25)22-11-8-16(13-18(22)26-14-24)15-6-4-7-17(12-15)23-10-5-9-21-23;2-1-3/h7-10,12-13,15,18,20H,11,14,16H2,1-6H3;4-7,9-10,12,14,16,18H,8,11,13H2,1-3H3;/t18-,20+;16-,18-;/m00./s1. The first-order chi connectivity index (χ1) is 27.3. The fourth-order valence-electron chi connectivity index (χ4n) is 7.27. The number of carbonyl (C=O) groups excluding carboxylic acids is 5. The Bertz CT molecular complexity index is 1950. The third-order valence-corrected chi connectivity index (χ3v) is 9.84. The number of nitrogens with zero attached hydrogens (tertiary/aromatic N) is 6. The molecule has 4 heterocycles. The van der Waals surface area contributed by atoms with Gasteiger partial charge in [0.15, 0.2) is 6.23 Å². The minimum absolute atomic E-state index is 0.0187. The van der Waals surface area contributed by atoms with Crippen molar-refractivity contribution in [2.45, 2.75) is 123 Å². The molecule has 2 aromatic heterocycles. The normalized spacial score (nSPS) is 19.6. The highest BCUT2D eigenvalue weighted by molar-refractivity contribution is 5.69. The fourth-order valence-corrected chi connectivity index (χ4v) is 7.27. The number of aromatic nitrogens is 4. The Balaban J connectivity index is 0.000000241. The van der Waals surface area contributed by atoms with Crippen LogP contribution in [0.25, 0.3) is 11.4 Å². The fraction of sp³-hybridized carbons (Fsp3) is 0.500. The zero-order valence-corrected chi connectivity index (χ0v) is 35.2. The average Bonchev–Trinajstić information content (AvgIpc) is 3.90. The Hall–Kier alpha value is -5.75. The highest BCUT2D eigenvalue weighted by Gasteiger charge is 2.41. The largest absolute Gasteiger partial charge is 0.444 e. The van der Waals surface area contributed by atoms with Gasteiger partial charge in [-0.3, -0.25) is 9.69 Å². The van der Waals surface area contributed by atoms with E-state index in [1.807, 2.05) is 87.8 Å². The number of piperidine rings is 2. The van der Waals surface area contributed by atoms with E-state index in [1.54, 1.807) is 17.1 Å². The number of carbonyl (C=O) groups is 3. The Morgan fingerprint density at radius 1 is 0.690 bits per heavy atom. The van der Waals surface area contributed by atoms with Crippen LogP contribution < -0.4 is 0 Å². The van der Waals surface area contributed by atoms with Crippen LogP contribution in [0.2, 0.25) is 0 Å². The molecule has 2 fully saturated rings. The van der Waals surface area contributed by atoms with Crippen molar-refractivity contribution in [1.29, 1.82) is 0 Å². The first-order valence-corrected chi connectivity index (χ1v) is 19.6. The molecule has 14 nitrogen and oxygen atoms in total. The van der Waals surface area contributed by atoms with Gasteiger partial charge in [-0.2, -0.15) is 19.8 Å². The summed E-state index contributed by atoms with van der Waals surface area (Å²) in [5.41, 5.74) is 3.39. The third kappa shape index (κ3) is 12.9. The van der Waals surface area contributed by atoms with E-state index in [2.05, 4.69) is 67.4 Å². The van der Waals surface area contributed by atoms with E-state index in [-0.39, 0.29) is 29.6 Å². The van der Waals surface area contributed by atoms with Crippen LogP contribution in [-0.2, 0) is 28.6 Å². The summed E-state index contributed by atoms with van der Waals surface area (Å²) in [7, 11) is 0. The molecule has 0 aliphatic carbocycles. The van der Waals surface area contributed by atoms with E-state index in [9.17, 15) is 14.4 Å². The van der Waals surface area contributed by atoms with Gasteiger partial charge in [-0.25, -0.2) is 19.0 Å². The van der Waals surface area contributed by atoms with Gasteiger partial charge in [0.05, 0.1) is 11.4 Å². The van der Waals surface area contributed by atoms with Gasteiger partial charge in [0.25, 0.3) is 6.47 Å². The summed E-state index contributed by atoms with van der Waals surface area (Å²) in [4.78, 5) is 55.9. The highest BCUT2D eigenvalue weighted by Crippen LogP contribution is 2.40. The van der Waals surface area contributed by atoms with Crippen molar-refractivity contribution in [2.75, 3.05) is 13.1 Å². The van der Waals surface area contributed by atoms with Crippen LogP contribution in [0.3, 0.4) is 0 Å². The lowest BCUT2D eigenvalue weighted by atomic mass is 9.75. The molecular formula is C44H58N6O8. The molecule has 6 rings (SSSR count). The van der Waals surface area contributed by atoms with Crippen molar-refractivity contribution in [2.24, 2.45) is 5.41 Å². The number of hydrogen-bond acceptors (Lipinski definition) is 10. The molecule has 0 bridgehead atoms. The highest BCUT2D eigenvalue weighted by atomic mass is 16.6. The Morgan fingerprint density at radius 3 is 1.55 bits per heavy atom. The minimum Gasteiger partial charge on any atom is -0.444 e. The first kappa shape index (κ1) is 45.0. The minimum atomic E-state index is -0.635. The third-order valence-electron chi connectivity index (χ3n) is 9.84. The van der Waals surface area contributed by atoms with E-state index < -0.39 is 23.5 Å². The monoisotopic (exact) mass is 798 g/mol. The second-order valence-corrected chi connectivity index (χ2v) is 17.5. The number of hydrogen-bond donors (Lipinski definition) is 0. The predicted octanol–water partition coefficient (Wildman–Crippen LogP) is 8.30. The van der Waals surface area contributed by atoms with Gasteiger partial charge in [-0.15, -0.1) is 0 Å². The van der Waals surface area contributed by atoms with Crippen molar-refractivity contribution >= 4 is 24.8 Å². The van der Waals surface area contributed by atoms with Gasteiger partial charge in [-0.1, -0.05) is 45.0 Å². The molecule has 4 aromatic rings. The van der Waals surface area contributed by atoms with E-state index in [0.29, 0.717) is 31.9 Å². The Labute approximate surface area is 341 Å². The number of rotatable bonds is 6. The van der Waals surface area contributed by atoms with Gasteiger partial charge < -0.3 is 19.1 Å². The molecule has 312 valence electrons. The summed E-state index contributed by atoms with van der Waals surface area (Å²) in [5.74, 6) is 0.586. The zero-order valence-electron chi connectivity index (χ0n) is 35.2. The summed E-state index contributed by atoms with van der Waals surface area (Å²) in [6, 6.07) is 20.6. The maximum atomic E-state index is 12.8. The molecule has 0 unspecified atom stereocenters. The SMILES string of the molecule is CC(C)(C)OC(=O)N1CC[C@H](c2cccc(-n3cccn3)c2)C[C@@H]1C(C)(C)C.CC(C)(C)OC(=O)N1CC[C@H](c2cccc(-n3cccn3)c2)C[C@@H]1OC=O.O=C=O. The molecule has 58 heavy (non-hydrogen) atoms. The summed E-state index contributed by atoms with van der Waals surface area (Å²) in [6.45, 7) is 19.4. The molecule has 2 aliphatic heterocycles. The Morgan fingerprint density at radius 2 is 1.14 bits per heavy atom. The van der Waals surface area contributed by atoms with Crippen molar-refractivity contribution in [1.82, 2.24) is 29.4 Å². The van der Waals surface area contributed by atoms with Crippen LogP contribution in [0, 0.1) is 5.41 Å². The van der Waals surface area contributed by atoms with Gasteiger partial charge >= 0.3 is 18.3 Å². The maximum Gasteiger partial charge on any atom is 0.413 e. The van der Waals surface area contributed by atoms with Crippen LogP contribution in [-0.4, -0.2) is 90.7 Å². The van der Waals surface area contributed by atoms with Gasteiger partial charge in [0.1, 0.15) is 11.2 Å². The van der Waals surface area contributed by atoms with E-state index in [0.717, 1.165) is 36.2 Å². The molecule has 0 saturated carbocycles. The van der Waals surface area contributed by atoms with E-state index >= 15 is 0 Å². The number of ether oxygens (including phenoxy) is 3. The lowest BCUT2D eigenvalue weighted by Gasteiger charge is -2.46. The Kier molecular flexibility index (Phi) is 15.2. The molecule has 2 saturated heterocycles. The lowest BCUT2D eigenvalue weighted by Crippen LogP contribution is -2.52. The second-order valence-electron chi connectivity index (χ2n) is 17.5. The van der Waals surface area contributed by atoms with Crippen molar-refractivity contribution in [3.05, 3.63) is 96.6 Å². The first-order valence-electron chi connectivity index (χ1n) is 19.6. The van der Waals surface area contributed by atoms with Crippen molar-refractivity contribution in [3.8, 4) is 11.4 Å². The smallest absolute Gasteiger partial charge is 0.413 e. The predicted molar refractivity (Wildman–Crippen MR) is 216 cm³/mol.